The van der Waals surface area contributed by atoms with Crippen molar-refractivity contribution in [2.75, 3.05) is 5.32 Å². The van der Waals surface area contributed by atoms with Gasteiger partial charge in [0.15, 0.2) is 0 Å². The van der Waals surface area contributed by atoms with E-state index in [0.29, 0.717) is 11.3 Å². The Bertz CT molecular complexity index is 831. The summed E-state index contributed by atoms with van der Waals surface area (Å²) in [6.45, 7) is 0. The largest absolute Gasteiger partial charge is 0.321 e. The van der Waals surface area contributed by atoms with Crippen LogP contribution >= 0.6 is 23.2 Å². The molecule has 2 heterocycles. The molecule has 6 heteroatoms. The summed E-state index contributed by atoms with van der Waals surface area (Å²) in [6, 6.07) is 10.7. The second-order valence-electron chi connectivity index (χ2n) is 4.33. The van der Waals surface area contributed by atoms with Crippen LogP contribution in [0.15, 0.2) is 48.8 Å². The van der Waals surface area contributed by atoms with Gasteiger partial charge in [-0.1, -0.05) is 29.3 Å². The third-order valence-electron chi connectivity index (χ3n) is 2.95. The topological polar surface area (TPSA) is 54.9 Å². The first-order valence-electron chi connectivity index (χ1n) is 6.11. The number of halogens is 2. The monoisotopic (exact) mass is 317 g/mol. The Kier molecular flexibility index (Phi) is 3.73. The molecule has 21 heavy (non-hydrogen) atoms. The Balaban J connectivity index is 1.94. The van der Waals surface area contributed by atoms with Crippen LogP contribution in [0.2, 0.25) is 10.2 Å². The van der Waals surface area contributed by atoms with E-state index < -0.39 is 0 Å². The molecular weight excluding hydrogens is 309 g/mol. The number of hydrogen-bond acceptors (Lipinski definition) is 3. The minimum atomic E-state index is -0.308. The van der Waals surface area contributed by atoms with Gasteiger partial charge in [0, 0.05) is 17.8 Å². The van der Waals surface area contributed by atoms with E-state index in [1.54, 1.807) is 6.20 Å². The molecule has 0 aliphatic carbocycles. The molecule has 1 aromatic carbocycles. The van der Waals surface area contributed by atoms with Gasteiger partial charge in [0.05, 0.1) is 21.8 Å². The number of pyridine rings is 2. The van der Waals surface area contributed by atoms with Crippen LogP contribution in [-0.4, -0.2) is 15.9 Å². The predicted octanol–water partition coefficient (Wildman–Crippen LogP) is 4.19. The molecule has 0 bridgehead atoms. The lowest BCUT2D eigenvalue weighted by molar-refractivity contribution is 0.102. The zero-order valence-corrected chi connectivity index (χ0v) is 12.2. The minimum Gasteiger partial charge on any atom is -0.321 e. The molecule has 0 saturated carbocycles. The number of nitrogens with one attached hydrogen (secondary N) is 1. The lowest BCUT2D eigenvalue weighted by Crippen LogP contribution is -2.12. The molecule has 2 aromatic heterocycles. The van der Waals surface area contributed by atoms with Gasteiger partial charge in [-0.25, -0.2) is 4.98 Å². The summed E-state index contributed by atoms with van der Waals surface area (Å²) >= 11 is 11.6. The van der Waals surface area contributed by atoms with Crippen molar-refractivity contribution in [1.82, 2.24) is 9.97 Å². The fraction of sp³-hybridized carbons (Fsp3) is 0. The van der Waals surface area contributed by atoms with E-state index in [2.05, 4.69) is 15.3 Å². The average molecular weight is 318 g/mol. The Morgan fingerprint density at radius 1 is 1.10 bits per heavy atom. The first-order chi connectivity index (χ1) is 10.1. The maximum absolute atomic E-state index is 12.2. The summed E-state index contributed by atoms with van der Waals surface area (Å²) < 4.78 is 0. The fourth-order valence-electron chi connectivity index (χ4n) is 1.95. The zero-order valence-electron chi connectivity index (χ0n) is 10.7. The fourth-order valence-corrected chi connectivity index (χ4v) is 2.22. The summed E-state index contributed by atoms with van der Waals surface area (Å²) in [5.74, 6) is -0.308. The number of benzene rings is 1. The van der Waals surface area contributed by atoms with Crippen molar-refractivity contribution in [2.45, 2.75) is 0 Å². The SMILES string of the molecule is O=C(Nc1cccc2ncccc12)c1cnc(Cl)c(Cl)c1. The number of amides is 1. The molecule has 104 valence electrons. The van der Waals surface area contributed by atoms with Crippen molar-refractivity contribution >= 4 is 45.7 Å². The summed E-state index contributed by atoms with van der Waals surface area (Å²) in [5, 5.41) is 4.10. The van der Waals surface area contributed by atoms with E-state index in [1.807, 2.05) is 30.3 Å². The van der Waals surface area contributed by atoms with E-state index in [-0.39, 0.29) is 16.1 Å². The Labute approximate surface area is 130 Å². The molecular formula is C15H9Cl2N3O. The van der Waals surface area contributed by atoms with E-state index in [9.17, 15) is 4.79 Å². The van der Waals surface area contributed by atoms with Crippen LogP contribution in [0.3, 0.4) is 0 Å². The van der Waals surface area contributed by atoms with Crippen LogP contribution in [0, 0.1) is 0 Å². The molecule has 0 atom stereocenters. The number of carbonyl (C=O) groups is 1. The molecule has 0 aliphatic heterocycles. The molecule has 0 fully saturated rings. The van der Waals surface area contributed by atoms with Crippen LogP contribution in [-0.2, 0) is 0 Å². The Hall–Kier alpha value is -2.17. The molecule has 1 amide bonds. The van der Waals surface area contributed by atoms with Crippen LogP contribution in [0.1, 0.15) is 10.4 Å². The summed E-state index contributed by atoms with van der Waals surface area (Å²) in [7, 11) is 0. The van der Waals surface area contributed by atoms with E-state index in [0.717, 1.165) is 10.9 Å². The maximum atomic E-state index is 12.2. The van der Waals surface area contributed by atoms with Crippen LogP contribution in [0.5, 0.6) is 0 Å². The molecule has 3 aromatic rings. The lowest BCUT2D eigenvalue weighted by atomic mass is 10.1. The van der Waals surface area contributed by atoms with E-state index in [4.69, 9.17) is 23.2 Å². The Morgan fingerprint density at radius 2 is 1.95 bits per heavy atom. The Morgan fingerprint density at radius 3 is 2.76 bits per heavy atom. The third-order valence-corrected chi connectivity index (χ3v) is 3.64. The minimum absolute atomic E-state index is 0.169. The van der Waals surface area contributed by atoms with Crippen molar-refractivity contribution in [3.8, 4) is 0 Å². The van der Waals surface area contributed by atoms with Gasteiger partial charge in [-0.05, 0) is 30.3 Å². The van der Waals surface area contributed by atoms with Gasteiger partial charge >= 0.3 is 0 Å². The van der Waals surface area contributed by atoms with Crippen LogP contribution < -0.4 is 5.32 Å². The highest BCUT2D eigenvalue weighted by molar-refractivity contribution is 6.41. The van der Waals surface area contributed by atoms with Crippen LogP contribution in [0.4, 0.5) is 5.69 Å². The van der Waals surface area contributed by atoms with Gasteiger partial charge in [0.25, 0.3) is 5.91 Å². The third kappa shape index (κ3) is 2.82. The number of aromatic nitrogens is 2. The maximum Gasteiger partial charge on any atom is 0.257 e. The number of fused-ring (bicyclic) bond motifs is 1. The smallest absolute Gasteiger partial charge is 0.257 e. The molecule has 0 spiro atoms. The van der Waals surface area contributed by atoms with E-state index >= 15 is 0 Å². The molecule has 0 saturated heterocycles. The highest BCUT2D eigenvalue weighted by Gasteiger charge is 2.11. The number of nitrogens with zero attached hydrogens (tertiary/aromatic N) is 2. The lowest BCUT2D eigenvalue weighted by Gasteiger charge is -2.08. The standard InChI is InChI=1S/C15H9Cl2N3O/c16-11-7-9(8-19-14(11)17)15(21)20-13-5-1-4-12-10(13)3-2-6-18-12/h1-8H,(H,20,21). The summed E-state index contributed by atoms with van der Waals surface area (Å²) in [4.78, 5) is 20.4. The molecule has 0 radical (unpaired) electrons. The highest BCUT2D eigenvalue weighted by atomic mass is 35.5. The molecule has 0 unspecified atom stereocenters. The van der Waals surface area contributed by atoms with Gasteiger partial charge in [0.1, 0.15) is 5.15 Å². The van der Waals surface area contributed by atoms with Crippen molar-refractivity contribution in [3.05, 3.63) is 64.5 Å². The summed E-state index contributed by atoms with van der Waals surface area (Å²) in [6.07, 6.45) is 3.09. The molecule has 3 rings (SSSR count). The number of rotatable bonds is 2. The highest BCUT2D eigenvalue weighted by Crippen LogP contribution is 2.23. The van der Waals surface area contributed by atoms with Crippen molar-refractivity contribution in [3.63, 3.8) is 0 Å². The molecule has 4 nitrogen and oxygen atoms in total. The summed E-state index contributed by atoms with van der Waals surface area (Å²) in [5.41, 5.74) is 1.82. The second kappa shape index (κ2) is 5.68. The first-order valence-corrected chi connectivity index (χ1v) is 6.87. The second-order valence-corrected chi connectivity index (χ2v) is 5.09. The number of anilines is 1. The number of hydrogen-bond donors (Lipinski definition) is 1. The average Bonchev–Trinajstić information content (AvgIpc) is 2.50. The molecule has 1 N–H and O–H groups in total. The molecule has 0 aliphatic rings. The first kappa shape index (κ1) is 13.8. The van der Waals surface area contributed by atoms with Crippen molar-refractivity contribution in [1.29, 1.82) is 0 Å². The number of carbonyl (C=O) groups excluding carboxylic acids is 1. The zero-order chi connectivity index (χ0) is 14.8. The van der Waals surface area contributed by atoms with Gasteiger partial charge in [-0.3, -0.25) is 9.78 Å². The quantitative estimate of drug-likeness (QED) is 0.721. The van der Waals surface area contributed by atoms with Gasteiger partial charge in [-0.2, -0.15) is 0 Å². The van der Waals surface area contributed by atoms with Gasteiger partial charge < -0.3 is 5.32 Å². The normalized spacial score (nSPS) is 10.6. The van der Waals surface area contributed by atoms with E-state index in [1.165, 1.54) is 12.3 Å². The van der Waals surface area contributed by atoms with Crippen molar-refractivity contribution in [2.24, 2.45) is 0 Å². The van der Waals surface area contributed by atoms with Gasteiger partial charge in [-0.15, -0.1) is 0 Å². The van der Waals surface area contributed by atoms with Crippen molar-refractivity contribution < 1.29 is 4.79 Å². The van der Waals surface area contributed by atoms with Crippen LogP contribution in [0.25, 0.3) is 10.9 Å². The predicted molar refractivity (Wildman–Crippen MR) is 84.0 cm³/mol. The van der Waals surface area contributed by atoms with Gasteiger partial charge in [0.2, 0.25) is 0 Å².